The summed E-state index contributed by atoms with van der Waals surface area (Å²) < 4.78 is 5.11. The summed E-state index contributed by atoms with van der Waals surface area (Å²) in [5.74, 6) is -1.44. The SMILES string of the molecule is CCOC(=O)N[C@H](/C=C/[C@H](Cc1ccccc1)C(=O)N1CCC[C@H]1C(=O)N[C@@H](CCCCC1=C(C)C(=O)C(C)=C(C)C1=O)C(=O)NC(C)C)CC(C)C. The van der Waals surface area contributed by atoms with E-state index in [1.54, 1.807) is 32.6 Å². The molecule has 0 spiro atoms. The maximum atomic E-state index is 14.3. The van der Waals surface area contributed by atoms with Gasteiger partial charge in [0, 0.05) is 34.9 Å². The molecule has 4 atom stereocenters. The summed E-state index contributed by atoms with van der Waals surface area (Å²) in [7, 11) is 0. The first-order valence-electron chi connectivity index (χ1n) is 19.2. The average molecular weight is 733 g/mol. The largest absolute Gasteiger partial charge is 0.450 e. The number of Topliss-reactive ketones (excluding diaryl/α,β-unsaturated/α-hetero) is 2. The minimum Gasteiger partial charge on any atom is -0.450 e. The number of ketones is 2. The third kappa shape index (κ3) is 12.5. The van der Waals surface area contributed by atoms with E-state index in [0.29, 0.717) is 80.2 Å². The van der Waals surface area contributed by atoms with Crippen LogP contribution in [-0.4, -0.2) is 77.6 Å². The molecule has 1 saturated heterocycles. The summed E-state index contributed by atoms with van der Waals surface area (Å²) in [6.45, 7) is 15.2. The van der Waals surface area contributed by atoms with Gasteiger partial charge in [-0.3, -0.25) is 24.0 Å². The number of allylic oxidation sites excluding steroid dienone is 4. The van der Waals surface area contributed by atoms with Crippen LogP contribution in [0.2, 0.25) is 0 Å². The van der Waals surface area contributed by atoms with Crippen molar-refractivity contribution in [3.05, 3.63) is 70.3 Å². The van der Waals surface area contributed by atoms with Crippen LogP contribution in [0.4, 0.5) is 4.79 Å². The Morgan fingerprint density at radius 2 is 1.57 bits per heavy atom. The lowest BCUT2D eigenvalue weighted by Crippen LogP contribution is -2.54. The lowest BCUT2D eigenvalue weighted by atomic mass is 9.84. The van der Waals surface area contributed by atoms with Gasteiger partial charge >= 0.3 is 6.09 Å². The summed E-state index contributed by atoms with van der Waals surface area (Å²) >= 11 is 0. The minimum absolute atomic E-state index is 0.112. The lowest BCUT2D eigenvalue weighted by molar-refractivity contribution is -0.141. The van der Waals surface area contributed by atoms with Crippen molar-refractivity contribution in [2.45, 2.75) is 131 Å². The second kappa shape index (κ2) is 20.6. The van der Waals surface area contributed by atoms with Crippen molar-refractivity contribution in [3.8, 4) is 0 Å². The van der Waals surface area contributed by atoms with Gasteiger partial charge in [0.15, 0.2) is 11.6 Å². The fourth-order valence-electron chi connectivity index (χ4n) is 6.94. The average Bonchev–Trinajstić information content (AvgIpc) is 3.61. The topological polar surface area (TPSA) is 151 Å². The molecule has 4 amide bonds. The van der Waals surface area contributed by atoms with Gasteiger partial charge in [-0.15, -0.1) is 0 Å². The highest BCUT2D eigenvalue weighted by Gasteiger charge is 2.38. The molecule has 1 aliphatic carbocycles. The van der Waals surface area contributed by atoms with Crippen LogP contribution in [0.5, 0.6) is 0 Å². The van der Waals surface area contributed by atoms with Crippen LogP contribution >= 0.6 is 0 Å². The molecular formula is C42H60N4O7. The van der Waals surface area contributed by atoms with Crippen LogP contribution < -0.4 is 16.0 Å². The molecule has 0 unspecified atom stereocenters. The Morgan fingerprint density at radius 1 is 0.887 bits per heavy atom. The monoisotopic (exact) mass is 732 g/mol. The fourth-order valence-corrected chi connectivity index (χ4v) is 6.94. The molecule has 3 rings (SSSR count). The number of nitrogens with zero attached hydrogens (tertiary/aromatic N) is 1. The Labute approximate surface area is 315 Å². The van der Waals surface area contributed by atoms with Crippen LogP contribution in [-0.2, 0) is 35.1 Å². The van der Waals surface area contributed by atoms with E-state index in [1.807, 2.05) is 56.3 Å². The standard InChI is InChI=1S/C42H60N4O7/c1-9-53-42(52)44-33(24-26(2)3)22-21-32(25-31-16-11-10-12-17-31)41(51)46-23-15-20-36(46)40(50)45-35(39(49)43-27(4)5)19-14-13-18-34-30(8)37(47)28(6)29(7)38(34)48/h10-12,16-17,21-22,26-27,32-33,35-36H,9,13-15,18-20,23-25H2,1-8H3,(H,43,49)(H,44,52)(H,45,50)/b22-21+/t32-,33-,35+,36+/m1/s1. The molecule has 2 aliphatic rings. The number of rotatable bonds is 18. The van der Waals surface area contributed by atoms with E-state index >= 15 is 0 Å². The van der Waals surface area contributed by atoms with Crippen molar-refractivity contribution >= 4 is 35.4 Å². The van der Waals surface area contributed by atoms with Crippen LogP contribution in [0.15, 0.2) is 64.8 Å². The van der Waals surface area contributed by atoms with Crippen molar-refractivity contribution < 1.29 is 33.5 Å². The summed E-state index contributed by atoms with van der Waals surface area (Å²) in [6, 6.07) is 7.60. The van der Waals surface area contributed by atoms with Gasteiger partial charge < -0.3 is 25.6 Å². The summed E-state index contributed by atoms with van der Waals surface area (Å²) in [6.07, 6.45) is 7.17. The molecule has 53 heavy (non-hydrogen) atoms. The first-order valence-corrected chi connectivity index (χ1v) is 19.2. The van der Waals surface area contributed by atoms with Crippen molar-refractivity contribution in [1.82, 2.24) is 20.9 Å². The zero-order chi connectivity index (χ0) is 39.2. The molecule has 1 aromatic carbocycles. The van der Waals surface area contributed by atoms with Crippen LogP contribution in [0.1, 0.15) is 106 Å². The Hall–Kier alpha value is -4.54. The van der Waals surface area contributed by atoms with E-state index in [-0.39, 0.29) is 53.9 Å². The van der Waals surface area contributed by atoms with E-state index in [1.165, 1.54) is 0 Å². The van der Waals surface area contributed by atoms with Gasteiger partial charge in [-0.2, -0.15) is 0 Å². The van der Waals surface area contributed by atoms with E-state index in [9.17, 15) is 28.8 Å². The number of nitrogens with one attached hydrogen (secondary N) is 3. The molecule has 290 valence electrons. The summed E-state index contributed by atoms with van der Waals surface area (Å²) in [4.78, 5) is 81.0. The van der Waals surface area contributed by atoms with Crippen molar-refractivity contribution in [2.24, 2.45) is 11.8 Å². The van der Waals surface area contributed by atoms with E-state index < -0.39 is 24.1 Å². The quantitative estimate of drug-likeness (QED) is 0.0962. The fraction of sp³-hybridized carbons (Fsp3) is 0.571. The second-order valence-electron chi connectivity index (χ2n) is 15.0. The number of hydrogen-bond donors (Lipinski definition) is 3. The van der Waals surface area contributed by atoms with E-state index in [4.69, 9.17) is 4.74 Å². The maximum Gasteiger partial charge on any atom is 0.407 e. The molecule has 11 nitrogen and oxygen atoms in total. The number of hydrogen-bond acceptors (Lipinski definition) is 7. The second-order valence-corrected chi connectivity index (χ2v) is 15.0. The number of amides is 4. The molecular weight excluding hydrogens is 672 g/mol. The van der Waals surface area contributed by atoms with Crippen molar-refractivity contribution in [3.63, 3.8) is 0 Å². The van der Waals surface area contributed by atoms with Gasteiger partial charge in [-0.25, -0.2) is 4.79 Å². The molecule has 3 N–H and O–H groups in total. The van der Waals surface area contributed by atoms with Gasteiger partial charge in [0.2, 0.25) is 17.7 Å². The Kier molecular flexibility index (Phi) is 16.7. The predicted octanol–water partition coefficient (Wildman–Crippen LogP) is 5.93. The molecule has 0 aromatic heterocycles. The third-order valence-corrected chi connectivity index (χ3v) is 9.88. The molecule has 0 saturated carbocycles. The highest BCUT2D eigenvalue weighted by atomic mass is 16.5. The first-order chi connectivity index (χ1) is 25.1. The zero-order valence-electron chi connectivity index (χ0n) is 32.9. The third-order valence-electron chi connectivity index (χ3n) is 9.88. The van der Waals surface area contributed by atoms with Gasteiger partial charge in [0.1, 0.15) is 12.1 Å². The summed E-state index contributed by atoms with van der Waals surface area (Å²) in [5, 5.41) is 8.75. The smallest absolute Gasteiger partial charge is 0.407 e. The highest BCUT2D eigenvalue weighted by molar-refractivity contribution is 6.24. The molecule has 1 aliphatic heterocycles. The van der Waals surface area contributed by atoms with Gasteiger partial charge in [0.25, 0.3) is 0 Å². The number of likely N-dealkylation sites (tertiary alicyclic amines) is 1. The molecule has 1 aromatic rings. The molecule has 1 heterocycles. The normalized spacial score (nSPS) is 18.2. The molecule has 1 fully saturated rings. The van der Waals surface area contributed by atoms with E-state index in [0.717, 1.165) is 5.56 Å². The van der Waals surface area contributed by atoms with Crippen LogP contribution in [0.3, 0.4) is 0 Å². The number of unbranched alkanes of at least 4 members (excludes halogenated alkanes) is 1. The van der Waals surface area contributed by atoms with Crippen LogP contribution in [0.25, 0.3) is 0 Å². The van der Waals surface area contributed by atoms with E-state index in [2.05, 4.69) is 29.8 Å². The summed E-state index contributed by atoms with van der Waals surface area (Å²) in [5.41, 5.74) is 2.89. The first kappa shape index (κ1) is 42.9. The highest BCUT2D eigenvalue weighted by Crippen LogP contribution is 2.28. The Morgan fingerprint density at radius 3 is 2.21 bits per heavy atom. The lowest BCUT2D eigenvalue weighted by Gasteiger charge is -2.29. The van der Waals surface area contributed by atoms with Crippen molar-refractivity contribution in [2.75, 3.05) is 13.2 Å². The number of benzene rings is 1. The number of carbonyl (C=O) groups is 6. The van der Waals surface area contributed by atoms with Crippen LogP contribution in [0, 0.1) is 11.8 Å². The number of ether oxygens (including phenoxy) is 1. The van der Waals surface area contributed by atoms with Gasteiger partial charge in [0.05, 0.1) is 18.6 Å². The van der Waals surface area contributed by atoms with Crippen molar-refractivity contribution in [1.29, 1.82) is 0 Å². The molecule has 11 heteroatoms. The van der Waals surface area contributed by atoms with Gasteiger partial charge in [-0.1, -0.05) is 62.8 Å². The number of alkyl carbamates (subject to hydrolysis) is 1. The Bertz CT molecular complexity index is 1580. The van der Waals surface area contributed by atoms with Gasteiger partial charge in [-0.05, 0) is 98.0 Å². The maximum absolute atomic E-state index is 14.3. The predicted molar refractivity (Wildman–Crippen MR) is 206 cm³/mol. The zero-order valence-corrected chi connectivity index (χ0v) is 32.9. The molecule has 0 bridgehead atoms. The Balaban J connectivity index is 1.77. The minimum atomic E-state index is -0.837. The molecule has 0 radical (unpaired) electrons. The number of carbonyl (C=O) groups excluding carboxylic acids is 6.